The van der Waals surface area contributed by atoms with Crippen LogP contribution in [0.4, 0.5) is 0 Å². The van der Waals surface area contributed by atoms with Crippen molar-refractivity contribution in [3.63, 3.8) is 0 Å². The summed E-state index contributed by atoms with van der Waals surface area (Å²) in [6, 6.07) is 0. The molecule has 0 spiro atoms. The summed E-state index contributed by atoms with van der Waals surface area (Å²) < 4.78 is 34.5. The molecule has 0 saturated carbocycles. The molecule has 0 atom stereocenters. The van der Waals surface area contributed by atoms with Crippen molar-refractivity contribution < 1.29 is 36.0 Å². The van der Waals surface area contributed by atoms with Gasteiger partial charge in [0.05, 0.1) is 6.61 Å². The number of rotatable bonds is 11. The zero-order valence-corrected chi connectivity index (χ0v) is 12.8. The summed E-state index contributed by atoms with van der Waals surface area (Å²) in [4.78, 5) is 0. The first-order valence-electron chi connectivity index (χ1n) is 6.52. The van der Waals surface area contributed by atoms with Gasteiger partial charge in [-0.2, -0.15) is 0 Å². The van der Waals surface area contributed by atoms with Gasteiger partial charge in [0.15, 0.2) is 0 Å². The molecule has 0 saturated heterocycles. The Morgan fingerprint density at radius 2 is 1.39 bits per heavy atom. The molecule has 0 radical (unpaired) electrons. The van der Waals surface area contributed by atoms with E-state index in [-0.39, 0.29) is 25.5 Å². The van der Waals surface area contributed by atoms with E-state index >= 15 is 0 Å². The van der Waals surface area contributed by atoms with E-state index in [1.165, 1.54) is 32.1 Å². The Morgan fingerprint density at radius 1 is 0.944 bits per heavy atom. The fourth-order valence-electron chi connectivity index (χ4n) is 1.70. The van der Waals surface area contributed by atoms with Crippen LogP contribution in [0.3, 0.4) is 0 Å². The van der Waals surface area contributed by atoms with Gasteiger partial charge in [-0.1, -0.05) is 58.8 Å². The topological polar surface area (TPSA) is 66.4 Å². The Hall–Kier alpha value is 0.467. The molecule has 0 aliphatic heterocycles. The smallest absolute Gasteiger partial charge is 0.726 e. The predicted molar refractivity (Wildman–Crippen MR) is 67.4 cm³/mol. The number of hydrogen-bond donors (Lipinski definition) is 0. The van der Waals surface area contributed by atoms with E-state index in [1.807, 2.05) is 0 Å². The zero-order valence-electron chi connectivity index (χ0n) is 12.0. The van der Waals surface area contributed by atoms with Crippen molar-refractivity contribution in [1.29, 1.82) is 0 Å². The summed E-state index contributed by atoms with van der Waals surface area (Å²) in [5.74, 6) is 0.793. The summed E-state index contributed by atoms with van der Waals surface area (Å²) in [5.41, 5.74) is 0. The van der Waals surface area contributed by atoms with Crippen LogP contribution < -0.4 is 18.9 Å². The molecule has 0 bridgehead atoms. The molecule has 0 N–H and O–H groups in total. The van der Waals surface area contributed by atoms with Crippen molar-refractivity contribution in [3.8, 4) is 0 Å². The summed E-state index contributed by atoms with van der Waals surface area (Å²) >= 11 is 0. The van der Waals surface area contributed by atoms with Crippen LogP contribution in [0.5, 0.6) is 0 Å². The first kappa shape index (κ1) is 20.8. The molecule has 0 unspecified atom stereocenters. The molecule has 0 fully saturated rings. The Bertz CT molecular complexity index is 265. The maximum absolute atomic E-state index is 10.1. The van der Waals surface area contributed by atoms with E-state index in [4.69, 9.17) is 0 Å². The van der Waals surface area contributed by atoms with Crippen molar-refractivity contribution in [1.82, 2.24) is 0 Å². The minimum absolute atomic E-state index is 0. The van der Waals surface area contributed by atoms with Crippen LogP contribution in [0.15, 0.2) is 0 Å². The summed E-state index contributed by atoms with van der Waals surface area (Å²) in [7, 11) is -4.49. The standard InChI is InChI=1S/C12H26O4S.Li/c1-12(2)10-8-6-4-3-5-7-9-11-16-17(13,14)15;/h12H,3-11H2,1-2H3,(H,13,14,15);/q;+1/p-1. The van der Waals surface area contributed by atoms with Gasteiger partial charge in [-0.25, -0.2) is 8.42 Å². The minimum Gasteiger partial charge on any atom is -0.726 e. The minimum atomic E-state index is -4.49. The van der Waals surface area contributed by atoms with Crippen molar-refractivity contribution in [2.75, 3.05) is 6.61 Å². The average molecular weight is 272 g/mol. The molecule has 0 heterocycles. The van der Waals surface area contributed by atoms with Crippen LogP contribution in [0.25, 0.3) is 0 Å². The van der Waals surface area contributed by atoms with Gasteiger partial charge in [0.25, 0.3) is 0 Å². The van der Waals surface area contributed by atoms with Crippen LogP contribution in [0.1, 0.15) is 65.2 Å². The molecule has 0 aliphatic carbocycles. The third kappa shape index (κ3) is 18.8. The largest absolute Gasteiger partial charge is 1.00 e. The fraction of sp³-hybridized carbons (Fsp3) is 1.00. The first-order chi connectivity index (χ1) is 7.92. The van der Waals surface area contributed by atoms with Crippen LogP contribution in [-0.4, -0.2) is 19.6 Å². The second-order valence-corrected chi connectivity index (χ2v) is 5.94. The van der Waals surface area contributed by atoms with Crippen molar-refractivity contribution >= 4 is 10.4 Å². The van der Waals surface area contributed by atoms with Gasteiger partial charge >= 0.3 is 18.9 Å². The van der Waals surface area contributed by atoms with Crippen molar-refractivity contribution in [2.24, 2.45) is 5.92 Å². The van der Waals surface area contributed by atoms with E-state index < -0.39 is 10.4 Å². The fourth-order valence-corrected chi connectivity index (χ4v) is 2.02. The second-order valence-electron chi connectivity index (χ2n) is 4.89. The van der Waals surface area contributed by atoms with E-state index in [9.17, 15) is 13.0 Å². The molecule has 0 rings (SSSR count). The summed E-state index contributed by atoms with van der Waals surface area (Å²) in [6.07, 6.45) is 8.97. The van der Waals surface area contributed by atoms with Gasteiger partial charge in [-0.15, -0.1) is 0 Å². The third-order valence-electron chi connectivity index (χ3n) is 2.65. The molecule has 4 nitrogen and oxygen atoms in total. The molecule has 0 aromatic rings. The molecule has 6 heteroatoms. The van der Waals surface area contributed by atoms with Crippen LogP contribution in [0.2, 0.25) is 0 Å². The SMILES string of the molecule is CC(C)CCCCCCCCCOS(=O)(=O)[O-].[Li+]. The van der Waals surface area contributed by atoms with E-state index in [0.717, 1.165) is 18.8 Å². The van der Waals surface area contributed by atoms with E-state index in [2.05, 4.69) is 18.0 Å². The maximum atomic E-state index is 10.1. The third-order valence-corrected chi connectivity index (χ3v) is 3.11. The Labute approximate surface area is 124 Å². The van der Waals surface area contributed by atoms with Crippen molar-refractivity contribution in [3.05, 3.63) is 0 Å². The Kier molecular flexibility index (Phi) is 14.4. The predicted octanol–water partition coefficient (Wildman–Crippen LogP) is 0.244. The molecule has 0 aromatic heterocycles. The van der Waals surface area contributed by atoms with Gasteiger partial charge in [0, 0.05) is 0 Å². The van der Waals surface area contributed by atoms with Gasteiger partial charge in [-0.05, 0) is 12.3 Å². The molecule has 104 valence electrons. The Balaban J connectivity index is 0. The Morgan fingerprint density at radius 3 is 1.83 bits per heavy atom. The zero-order chi connectivity index (χ0) is 13.1. The van der Waals surface area contributed by atoms with Gasteiger partial charge < -0.3 is 4.55 Å². The maximum Gasteiger partial charge on any atom is 1.00 e. The van der Waals surface area contributed by atoms with E-state index in [0.29, 0.717) is 6.42 Å². The van der Waals surface area contributed by atoms with Gasteiger partial charge in [-0.3, -0.25) is 4.18 Å². The average Bonchev–Trinajstić information content (AvgIpc) is 2.18. The number of unbranched alkanes of at least 4 members (excludes halogenated alkanes) is 6. The molecular weight excluding hydrogens is 247 g/mol. The molecule has 0 aromatic carbocycles. The summed E-state index contributed by atoms with van der Waals surface area (Å²) in [5, 5.41) is 0. The second kappa shape index (κ2) is 12.5. The molecule has 0 aliphatic rings. The normalized spacial score (nSPS) is 11.6. The first-order valence-corrected chi connectivity index (χ1v) is 7.85. The van der Waals surface area contributed by atoms with Crippen molar-refractivity contribution in [2.45, 2.75) is 65.2 Å². The monoisotopic (exact) mass is 272 g/mol. The van der Waals surface area contributed by atoms with E-state index in [1.54, 1.807) is 0 Å². The summed E-state index contributed by atoms with van der Waals surface area (Å²) in [6.45, 7) is 4.51. The quantitative estimate of drug-likeness (QED) is 0.234. The van der Waals surface area contributed by atoms with Crippen LogP contribution in [-0.2, 0) is 14.6 Å². The molecule has 18 heavy (non-hydrogen) atoms. The van der Waals surface area contributed by atoms with Gasteiger partial charge in [0.2, 0.25) is 10.4 Å². The molecule has 0 amide bonds. The number of hydrogen-bond acceptors (Lipinski definition) is 4. The van der Waals surface area contributed by atoms with Crippen LogP contribution >= 0.6 is 0 Å². The van der Waals surface area contributed by atoms with Crippen LogP contribution in [0, 0.1) is 5.92 Å². The van der Waals surface area contributed by atoms with Gasteiger partial charge in [0.1, 0.15) is 0 Å². The molecular formula is C12H25LiO4S.